The number of hydrogen-bond acceptors (Lipinski definition) is 4. The summed E-state index contributed by atoms with van der Waals surface area (Å²) in [6.07, 6.45) is 2.19. The number of rotatable bonds is 11. The lowest BCUT2D eigenvalue weighted by Crippen LogP contribution is -2.53. The van der Waals surface area contributed by atoms with E-state index >= 15 is 0 Å². The summed E-state index contributed by atoms with van der Waals surface area (Å²) in [5.74, 6) is -0.724. The van der Waals surface area contributed by atoms with E-state index in [1.807, 2.05) is 52.0 Å². The van der Waals surface area contributed by atoms with Crippen molar-refractivity contribution in [2.45, 2.75) is 66.1 Å². The Hall–Kier alpha value is -2.58. The third-order valence-electron chi connectivity index (χ3n) is 6.11. The fourth-order valence-corrected chi connectivity index (χ4v) is 4.84. The van der Waals surface area contributed by atoms with Crippen LogP contribution in [-0.4, -0.2) is 50.0 Å². The monoisotopic (exact) mass is 521 g/mol. The highest BCUT2D eigenvalue weighted by Gasteiger charge is 2.32. The second-order valence-electron chi connectivity index (χ2n) is 8.89. The Morgan fingerprint density at radius 3 is 2.26 bits per heavy atom. The minimum absolute atomic E-state index is 0.0476. The lowest BCUT2D eigenvalue weighted by atomic mass is 10.1. The van der Waals surface area contributed by atoms with Gasteiger partial charge in [-0.05, 0) is 62.4 Å². The molecule has 35 heavy (non-hydrogen) atoms. The van der Waals surface area contributed by atoms with Crippen LogP contribution in [0.2, 0.25) is 5.02 Å². The largest absolute Gasteiger partial charge is 0.352 e. The van der Waals surface area contributed by atoms with Gasteiger partial charge < -0.3 is 10.2 Å². The Labute approximate surface area is 214 Å². The van der Waals surface area contributed by atoms with Gasteiger partial charge >= 0.3 is 0 Å². The zero-order chi connectivity index (χ0) is 26.3. The SMILES string of the molecule is CCC(C)NC(=O)C(CC)N(Cc1ccccc1C)C(=O)CN(c1cc(Cl)ccc1C)S(C)(=O)=O. The Bertz CT molecular complexity index is 1150. The number of anilines is 1. The maximum Gasteiger partial charge on any atom is 0.244 e. The maximum atomic E-state index is 13.8. The number of halogens is 1. The van der Waals surface area contributed by atoms with Crippen molar-refractivity contribution in [3.8, 4) is 0 Å². The molecule has 0 saturated carbocycles. The minimum Gasteiger partial charge on any atom is -0.352 e. The Morgan fingerprint density at radius 2 is 1.69 bits per heavy atom. The number of hydrogen-bond donors (Lipinski definition) is 1. The van der Waals surface area contributed by atoms with Gasteiger partial charge in [-0.25, -0.2) is 8.42 Å². The molecule has 0 fully saturated rings. The number of sulfonamides is 1. The van der Waals surface area contributed by atoms with Gasteiger partial charge in [0, 0.05) is 17.6 Å². The van der Waals surface area contributed by atoms with Gasteiger partial charge in [0.2, 0.25) is 21.8 Å². The quantitative estimate of drug-likeness (QED) is 0.473. The van der Waals surface area contributed by atoms with Gasteiger partial charge in [0.15, 0.2) is 0 Å². The number of amides is 2. The van der Waals surface area contributed by atoms with Gasteiger partial charge in [-0.1, -0.05) is 55.8 Å². The van der Waals surface area contributed by atoms with Crippen molar-refractivity contribution in [2.24, 2.45) is 0 Å². The molecule has 2 aromatic carbocycles. The molecule has 7 nitrogen and oxygen atoms in total. The van der Waals surface area contributed by atoms with E-state index in [-0.39, 0.29) is 18.5 Å². The Morgan fingerprint density at radius 1 is 1.03 bits per heavy atom. The van der Waals surface area contributed by atoms with E-state index in [4.69, 9.17) is 11.6 Å². The number of nitrogens with zero attached hydrogens (tertiary/aromatic N) is 2. The molecule has 0 bridgehead atoms. The fourth-order valence-electron chi connectivity index (χ4n) is 3.78. The molecule has 0 spiro atoms. The highest BCUT2D eigenvalue weighted by molar-refractivity contribution is 7.92. The second kappa shape index (κ2) is 12.4. The van der Waals surface area contributed by atoms with Crippen LogP contribution in [0.4, 0.5) is 5.69 Å². The molecule has 2 unspecified atom stereocenters. The first-order valence-corrected chi connectivity index (χ1v) is 14.0. The first-order valence-electron chi connectivity index (χ1n) is 11.8. The van der Waals surface area contributed by atoms with Crippen molar-refractivity contribution < 1.29 is 18.0 Å². The summed E-state index contributed by atoms with van der Waals surface area (Å²) in [6.45, 7) is 9.16. The molecule has 192 valence electrons. The van der Waals surface area contributed by atoms with Crippen LogP contribution in [0.3, 0.4) is 0 Å². The molecule has 2 atom stereocenters. The van der Waals surface area contributed by atoms with E-state index in [9.17, 15) is 18.0 Å². The molecular weight excluding hydrogens is 486 g/mol. The van der Waals surface area contributed by atoms with Crippen molar-refractivity contribution in [3.63, 3.8) is 0 Å². The molecule has 0 radical (unpaired) electrons. The summed E-state index contributed by atoms with van der Waals surface area (Å²) < 4.78 is 26.6. The first kappa shape index (κ1) is 28.7. The van der Waals surface area contributed by atoms with Gasteiger partial charge in [0.25, 0.3) is 0 Å². The van der Waals surface area contributed by atoms with Gasteiger partial charge in [0.05, 0.1) is 11.9 Å². The molecule has 0 aliphatic heterocycles. The van der Waals surface area contributed by atoms with Gasteiger partial charge in [0.1, 0.15) is 12.6 Å². The number of carbonyl (C=O) groups is 2. The summed E-state index contributed by atoms with van der Waals surface area (Å²) >= 11 is 6.14. The highest BCUT2D eigenvalue weighted by Crippen LogP contribution is 2.27. The summed E-state index contributed by atoms with van der Waals surface area (Å²) in [5.41, 5.74) is 2.87. The molecule has 0 heterocycles. The molecule has 2 aromatic rings. The minimum atomic E-state index is -3.82. The van der Waals surface area contributed by atoms with E-state index in [1.54, 1.807) is 19.1 Å². The second-order valence-corrected chi connectivity index (χ2v) is 11.2. The van der Waals surface area contributed by atoms with Crippen molar-refractivity contribution in [2.75, 3.05) is 17.1 Å². The van der Waals surface area contributed by atoms with Crippen LogP contribution in [0.25, 0.3) is 0 Å². The topological polar surface area (TPSA) is 86.8 Å². The molecule has 1 N–H and O–H groups in total. The lowest BCUT2D eigenvalue weighted by Gasteiger charge is -2.34. The van der Waals surface area contributed by atoms with E-state index in [0.29, 0.717) is 22.7 Å². The van der Waals surface area contributed by atoms with Crippen molar-refractivity contribution in [1.29, 1.82) is 0 Å². The van der Waals surface area contributed by atoms with Crippen LogP contribution in [0, 0.1) is 13.8 Å². The zero-order valence-electron chi connectivity index (χ0n) is 21.3. The molecule has 0 aliphatic rings. The summed E-state index contributed by atoms with van der Waals surface area (Å²) in [5, 5.41) is 3.33. The van der Waals surface area contributed by atoms with E-state index < -0.39 is 28.5 Å². The van der Waals surface area contributed by atoms with Gasteiger partial charge in [-0.15, -0.1) is 0 Å². The van der Waals surface area contributed by atoms with Crippen molar-refractivity contribution in [1.82, 2.24) is 10.2 Å². The summed E-state index contributed by atoms with van der Waals surface area (Å²) in [6, 6.07) is 11.7. The first-order chi connectivity index (χ1) is 16.4. The third-order valence-corrected chi connectivity index (χ3v) is 7.47. The molecule has 9 heteroatoms. The maximum absolute atomic E-state index is 13.8. The smallest absolute Gasteiger partial charge is 0.244 e. The molecular formula is C26H36ClN3O4S. The molecule has 0 aromatic heterocycles. The van der Waals surface area contributed by atoms with E-state index in [1.165, 1.54) is 11.0 Å². The molecule has 0 aliphatic carbocycles. The summed E-state index contributed by atoms with van der Waals surface area (Å²) in [4.78, 5) is 28.4. The number of aryl methyl sites for hydroxylation is 2. The van der Waals surface area contributed by atoms with E-state index in [2.05, 4.69) is 5.32 Å². The Kier molecular flexibility index (Phi) is 10.2. The number of benzene rings is 2. The molecule has 0 saturated heterocycles. The normalized spacial score (nSPS) is 13.1. The Balaban J connectivity index is 2.50. The average molecular weight is 522 g/mol. The van der Waals surface area contributed by atoms with Gasteiger partial charge in [-0.2, -0.15) is 0 Å². The summed E-state index contributed by atoms with van der Waals surface area (Å²) in [7, 11) is -3.82. The highest BCUT2D eigenvalue weighted by atomic mass is 35.5. The third kappa shape index (κ3) is 7.70. The predicted octanol–water partition coefficient (Wildman–Crippen LogP) is 4.44. The molecule has 2 amide bonds. The number of nitrogens with one attached hydrogen (secondary N) is 1. The number of carbonyl (C=O) groups excluding carboxylic acids is 2. The average Bonchev–Trinajstić information content (AvgIpc) is 2.79. The van der Waals surface area contributed by atoms with Gasteiger partial charge in [-0.3, -0.25) is 13.9 Å². The molecule has 2 rings (SSSR count). The van der Waals surface area contributed by atoms with Crippen molar-refractivity contribution in [3.05, 3.63) is 64.2 Å². The van der Waals surface area contributed by atoms with Crippen LogP contribution < -0.4 is 9.62 Å². The lowest BCUT2D eigenvalue weighted by molar-refractivity contribution is -0.140. The van der Waals surface area contributed by atoms with Crippen LogP contribution in [-0.2, 0) is 26.2 Å². The van der Waals surface area contributed by atoms with Crippen molar-refractivity contribution >= 4 is 39.1 Å². The standard InChI is InChI=1S/C26H36ClN3O4S/c1-7-20(5)28-26(32)23(8-2)29(16-21-12-10-9-11-18(21)3)25(31)17-30(35(6,33)34)24-15-22(27)14-13-19(24)4/h9-15,20,23H,7-8,16-17H2,1-6H3,(H,28,32). The zero-order valence-corrected chi connectivity index (χ0v) is 22.9. The van der Waals surface area contributed by atoms with E-state index in [0.717, 1.165) is 28.1 Å². The predicted molar refractivity (Wildman–Crippen MR) is 142 cm³/mol. The van der Waals surface area contributed by atoms with Crippen LogP contribution in [0.1, 0.15) is 50.3 Å². The fraction of sp³-hybridized carbons (Fsp3) is 0.462. The van der Waals surface area contributed by atoms with Crippen LogP contribution in [0.5, 0.6) is 0 Å². The van der Waals surface area contributed by atoms with Crippen LogP contribution in [0.15, 0.2) is 42.5 Å². The van der Waals surface area contributed by atoms with Crippen LogP contribution >= 0.6 is 11.6 Å².